The van der Waals surface area contributed by atoms with Gasteiger partial charge >= 0.3 is 0 Å². The van der Waals surface area contributed by atoms with Crippen molar-refractivity contribution in [2.45, 2.75) is 12.0 Å². The van der Waals surface area contributed by atoms with Crippen LogP contribution < -0.4 is 11.1 Å². The van der Waals surface area contributed by atoms with Crippen molar-refractivity contribution >= 4 is 0 Å². The van der Waals surface area contributed by atoms with Gasteiger partial charge in [-0.05, 0) is 11.6 Å². The molecule has 0 aromatic carbocycles. The summed E-state index contributed by atoms with van der Waals surface area (Å²) < 4.78 is 0. The van der Waals surface area contributed by atoms with Gasteiger partial charge in [-0.25, -0.2) is 0 Å². The summed E-state index contributed by atoms with van der Waals surface area (Å²) in [7, 11) is 0. The molecule has 1 saturated heterocycles. The monoisotopic (exact) mass is 163 g/mol. The van der Waals surface area contributed by atoms with Crippen molar-refractivity contribution in [1.29, 1.82) is 0 Å². The molecule has 64 valence electrons. The Morgan fingerprint density at radius 1 is 1.50 bits per heavy atom. The van der Waals surface area contributed by atoms with Crippen LogP contribution in [0, 0.1) is 0 Å². The van der Waals surface area contributed by atoms with E-state index >= 15 is 0 Å². The molecule has 0 bridgehead atoms. The van der Waals surface area contributed by atoms with E-state index in [9.17, 15) is 0 Å². The first-order chi connectivity index (χ1) is 5.88. The largest absolute Gasteiger partial charge is 0.326 e. The first-order valence-corrected chi connectivity index (χ1v) is 4.24. The van der Waals surface area contributed by atoms with Crippen LogP contribution in [0.2, 0.25) is 0 Å². The summed E-state index contributed by atoms with van der Waals surface area (Å²) in [5.41, 5.74) is 7.17. The van der Waals surface area contributed by atoms with Crippen LogP contribution >= 0.6 is 0 Å². The Morgan fingerprint density at radius 2 is 2.42 bits per heavy atom. The summed E-state index contributed by atoms with van der Waals surface area (Å²) in [5.74, 6) is 0.443. The number of nitrogens with two attached hydrogens (primary N) is 1. The second kappa shape index (κ2) is 3.21. The summed E-state index contributed by atoms with van der Waals surface area (Å²) in [6.07, 6.45) is 3.69. The lowest BCUT2D eigenvalue weighted by atomic mass is 9.97. The molecule has 1 aliphatic rings. The van der Waals surface area contributed by atoms with Crippen LogP contribution in [-0.2, 0) is 0 Å². The molecule has 2 heterocycles. The van der Waals surface area contributed by atoms with Crippen LogP contribution in [0.5, 0.6) is 0 Å². The van der Waals surface area contributed by atoms with Gasteiger partial charge in [0.1, 0.15) is 0 Å². The second-order valence-corrected chi connectivity index (χ2v) is 3.21. The van der Waals surface area contributed by atoms with Gasteiger partial charge in [0.25, 0.3) is 0 Å². The molecular weight excluding hydrogens is 150 g/mol. The predicted octanol–water partition coefficient (Wildman–Crippen LogP) is 0.0957. The van der Waals surface area contributed by atoms with Gasteiger partial charge in [-0.15, -0.1) is 0 Å². The summed E-state index contributed by atoms with van der Waals surface area (Å²) in [4.78, 5) is 4.08. The van der Waals surface area contributed by atoms with E-state index in [0.29, 0.717) is 5.92 Å². The number of pyridine rings is 1. The van der Waals surface area contributed by atoms with Crippen LogP contribution in [0.1, 0.15) is 11.5 Å². The Morgan fingerprint density at radius 3 is 3.00 bits per heavy atom. The van der Waals surface area contributed by atoms with E-state index in [4.69, 9.17) is 5.73 Å². The fourth-order valence-corrected chi connectivity index (χ4v) is 1.66. The third-order valence-corrected chi connectivity index (χ3v) is 2.37. The van der Waals surface area contributed by atoms with Crippen LogP contribution in [0.25, 0.3) is 0 Å². The third kappa shape index (κ3) is 1.33. The summed E-state index contributed by atoms with van der Waals surface area (Å²) in [5, 5.41) is 3.27. The van der Waals surface area contributed by atoms with E-state index in [0.717, 1.165) is 13.1 Å². The minimum Gasteiger partial charge on any atom is -0.326 e. The first-order valence-electron chi connectivity index (χ1n) is 4.24. The Bertz CT molecular complexity index is 247. The van der Waals surface area contributed by atoms with Gasteiger partial charge in [-0.1, -0.05) is 6.07 Å². The molecule has 0 unspecified atom stereocenters. The first kappa shape index (κ1) is 7.71. The third-order valence-electron chi connectivity index (χ3n) is 2.37. The Labute approximate surface area is 72.0 Å². The van der Waals surface area contributed by atoms with Gasteiger partial charge in [0.05, 0.1) is 0 Å². The predicted molar refractivity (Wildman–Crippen MR) is 47.8 cm³/mol. The average Bonchev–Trinajstić information content (AvgIpc) is 2.53. The Balaban J connectivity index is 2.19. The molecule has 3 N–H and O–H groups in total. The fourth-order valence-electron chi connectivity index (χ4n) is 1.66. The molecule has 12 heavy (non-hydrogen) atoms. The van der Waals surface area contributed by atoms with E-state index < -0.39 is 0 Å². The number of hydrogen-bond donors (Lipinski definition) is 2. The zero-order valence-electron chi connectivity index (χ0n) is 6.90. The lowest BCUT2D eigenvalue weighted by Gasteiger charge is -2.13. The Hall–Kier alpha value is -0.930. The van der Waals surface area contributed by atoms with Crippen molar-refractivity contribution in [2.24, 2.45) is 5.73 Å². The quantitative estimate of drug-likeness (QED) is 0.617. The van der Waals surface area contributed by atoms with Crippen LogP contribution in [0.3, 0.4) is 0 Å². The zero-order chi connectivity index (χ0) is 8.39. The minimum atomic E-state index is 0.245. The molecule has 1 fully saturated rings. The summed E-state index contributed by atoms with van der Waals surface area (Å²) in [6.45, 7) is 1.90. The highest BCUT2D eigenvalue weighted by Gasteiger charge is 2.24. The molecule has 0 spiro atoms. The highest BCUT2D eigenvalue weighted by molar-refractivity contribution is 5.19. The van der Waals surface area contributed by atoms with Crippen molar-refractivity contribution < 1.29 is 0 Å². The molecule has 0 amide bonds. The smallest absolute Gasteiger partial charge is 0.0303 e. The van der Waals surface area contributed by atoms with Crippen LogP contribution in [0.4, 0.5) is 0 Å². The SMILES string of the molecule is N[C@@H]1CNC[C@@H]1c1cccnc1. The molecule has 0 saturated carbocycles. The number of aromatic nitrogens is 1. The van der Waals surface area contributed by atoms with Gasteiger partial charge in [-0.3, -0.25) is 4.98 Å². The molecule has 3 heteroatoms. The number of hydrogen-bond acceptors (Lipinski definition) is 3. The molecule has 0 aliphatic carbocycles. The van der Waals surface area contributed by atoms with Gasteiger partial charge in [-0.2, -0.15) is 0 Å². The Kier molecular flexibility index (Phi) is 2.06. The molecule has 3 nitrogen and oxygen atoms in total. The summed E-state index contributed by atoms with van der Waals surface area (Å²) >= 11 is 0. The van der Waals surface area contributed by atoms with E-state index in [1.807, 2.05) is 12.3 Å². The topological polar surface area (TPSA) is 50.9 Å². The molecule has 0 radical (unpaired) electrons. The minimum absolute atomic E-state index is 0.245. The van der Waals surface area contributed by atoms with Crippen LogP contribution in [0.15, 0.2) is 24.5 Å². The fraction of sp³-hybridized carbons (Fsp3) is 0.444. The van der Waals surface area contributed by atoms with Crippen molar-refractivity contribution in [1.82, 2.24) is 10.3 Å². The van der Waals surface area contributed by atoms with Gasteiger partial charge in [0, 0.05) is 37.4 Å². The van der Waals surface area contributed by atoms with Gasteiger partial charge in [0.2, 0.25) is 0 Å². The van der Waals surface area contributed by atoms with Crippen molar-refractivity contribution in [2.75, 3.05) is 13.1 Å². The van der Waals surface area contributed by atoms with E-state index in [1.54, 1.807) is 6.20 Å². The normalized spacial score (nSPS) is 29.1. The highest BCUT2D eigenvalue weighted by atomic mass is 15.0. The number of nitrogens with one attached hydrogen (secondary N) is 1. The van der Waals surface area contributed by atoms with Gasteiger partial charge in [0.15, 0.2) is 0 Å². The van der Waals surface area contributed by atoms with E-state index in [2.05, 4.69) is 16.4 Å². The molecule has 2 rings (SSSR count). The maximum atomic E-state index is 5.92. The number of nitrogens with zero attached hydrogens (tertiary/aromatic N) is 1. The van der Waals surface area contributed by atoms with Gasteiger partial charge < -0.3 is 11.1 Å². The van der Waals surface area contributed by atoms with Crippen molar-refractivity contribution in [3.05, 3.63) is 30.1 Å². The zero-order valence-corrected chi connectivity index (χ0v) is 6.90. The lowest BCUT2D eigenvalue weighted by molar-refractivity contribution is 0.651. The molecule has 1 aliphatic heterocycles. The number of rotatable bonds is 1. The molecule has 1 aromatic rings. The highest BCUT2D eigenvalue weighted by Crippen LogP contribution is 2.19. The van der Waals surface area contributed by atoms with E-state index in [1.165, 1.54) is 5.56 Å². The second-order valence-electron chi connectivity index (χ2n) is 3.21. The average molecular weight is 163 g/mol. The van der Waals surface area contributed by atoms with Crippen LogP contribution in [-0.4, -0.2) is 24.1 Å². The van der Waals surface area contributed by atoms with E-state index in [-0.39, 0.29) is 6.04 Å². The maximum Gasteiger partial charge on any atom is 0.0303 e. The molecule has 2 atom stereocenters. The van der Waals surface area contributed by atoms with Crippen molar-refractivity contribution in [3.63, 3.8) is 0 Å². The summed E-state index contributed by atoms with van der Waals surface area (Å²) in [6, 6.07) is 4.29. The standard InChI is InChI=1S/C9H13N3/c10-9-6-12-5-8(9)7-2-1-3-11-4-7/h1-4,8-9,12H,5-6,10H2/t8-,9-/m1/s1. The van der Waals surface area contributed by atoms with Crippen molar-refractivity contribution in [3.8, 4) is 0 Å². The lowest BCUT2D eigenvalue weighted by Crippen LogP contribution is -2.27. The maximum absolute atomic E-state index is 5.92. The molecular formula is C9H13N3. The molecule has 1 aromatic heterocycles.